The quantitative estimate of drug-likeness (QED) is 0.717. The maximum Gasteiger partial charge on any atom is 0.303 e. The lowest BCUT2D eigenvalue weighted by molar-refractivity contribution is -0.137. The Morgan fingerprint density at radius 1 is 1.32 bits per heavy atom. The molecule has 0 bridgehead atoms. The monoisotopic (exact) mass is 284 g/mol. The van der Waals surface area contributed by atoms with Crippen LogP contribution in [-0.4, -0.2) is 28.9 Å². The smallest absolute Gasteiger partial charge is 0.303 e. The Kier molecular flexibility index (Phi) is 5.32. The first-order chi connectivity index (χ1) is 8.91. The van der Waals surface area contributed by atoms with Crippen molar-refractivity contribution in [3.63, 3.8) is 0 Å². The molecule has 0 aliphatic carbocycles. The highest BCUT2D eigenvalue weighted by Crippen LogP contribution is 2.15. The molecule has 1 rings (SSSR count). The molecule has 0 unspecified atom stereocenters. The summed E-state index contributed by atoms with van der Waals surface area (Å²) in [6.45, 7) is 0. The van der Waals surface area contributed by atoms with Crippen molar-refractivity contribution in [2.45, 2.75) is 18.9 Å². The number of primary amides is 1. The number of halogens is 1. The third-order valence-corrected chi connectivity index (χ3v) is 2.74. The molecule has 0 aliphatic rings. The molecule has 7 heteroatoms. The van der Waals surface area contributed by atoms with Crippen LogP contribution in [0, 0.1) is 0 Å². The van der Waals surface area contributed by atoms with Crippen LogP contribution < -0.4 is 11.1 Å². The molecule has 0 aromatic heterocycles. The van der Waals surface area contributed by atoms with Gasteiger partial charge in [0.1, 0.15) is 6.04 Å². The van der Waals surface area contributed by atoms with Gasteiger partial charge >= 0.3 is 5.97 Å². The van der Waals surface area contributed by atoms with Crippen molar-refractivity contribution in [2.24, 2.45) is 5.73 Å². The molecular formula is C12H13ClN2O4. The van der Waals surface area contributed by atoms with E-state index in [9.17, 15) is 14.4 Å². The molecule has 0 saturated heterocycles. The molecule has 1 aromatic carbocycles. The molecule has 1 aromatic rings. The van der Waals surface area contributed by atoms with E-state index in [1.807, 2.05) is 0 Å². The molecular weight excluding hydrogens is 272 g/mol. The number of carboxylic acid groups (broad SMARTS) is 1. The minimum absolute atomic E-state index is 0.0686. The second kappa shape index (κ2) is 6.75. The summed E-state index contributed by atoms with van der Waals surface area (Å²) in [5.41, 5.74) is 5.31. The van der Waals surface area contributed by atoms with Gasteiger partial charge in [-0.15, -0.1) is 0 Å². The number of rotatable bonds is 6. The molecule has 0 radical (unpaired) electrons. The highest BCUT2D eigenvalue weighted by molar-refractivity contribution is 6.33. The maximum absolute atomic E-state index is 11.9. The summed E-state index contributed by atoms with van der Waals surface area (Å²) >= 11 is 5.84. The number of benzene rings is 1. The second-order valence-corrected chi connectivity index (χ2v) is 4.25. The summed E-state index contributed by atoms with van der Waals surface area (Å²) in [5, 5.41) is 11.2. The summed E-state index contributed by atoms with van der Waals surface area (Å²) in [5.74, 6) is -2.43. The largest absolute Gasteiger partial charge is 0.481 e. The Morgan fingerprint density at radius 2 is 1.95 bits per heavy atom. The number of aliphatic carboxylic acids is 1. The molecule has 0 fully saturated rings. The van der Waals surface area contributed by atoms with Gasteiger partial charge in [0.05, 0.1) is 10.6 Å². The number of nitrogens with two attached hydrogens (primary N) is 1. The molecule has 0 saturated carbocycles. The fraction of sp³-hybridized carbons (Fsp3) is 0.250. The molecule has 0 heterocycles. The van der Waals surface area contributed by atoms with Gasteiger partial charge in [0.25, 0.3) is 5.91 Å². The second-order valence-electron chi connectivity index (χ2n) is 3.84. The van der Waals surface area contributed by atoms with Crippen molar-refractivity contribution >= 4 is 29.4 Å². The minimum Gasteiger partial charge on any atom is -0.481 e. The van der Waals surface area contributed by atoms with E-state index in [-0.39, 0.29) is 23.4 Å². The number of carbonyl (C=O) groups is 3. The van der Waals surface area contributed by atoms with Gasteiger partial charge in [-0.3, -0.25) is 14.4 Å². The van der Waals surface area contributed by atoms with Gasteiger partial charge in [-0.05, 0) is 18.6 Å². The van der Waals surface area contributed by atoms with Crippen LogP contribution in [0.15, 0.2) is 24.3 Å². The van der Waals surface area contributed by atoms with Crippen LogP contribution in [0.25, 0.3) is 0 Å². The Balaban J connectivity index is 2.74. The van der Waals surface area contributed by atoms with Crippen LogP contribution in [-0.2, 0) is 9.59 Å². The predicted octanol–water partition coefficient (Wildman–Crippen LogP) is 0.788. The first-order valence-electron chi connectivity index (χ1n) is 5.48. The molecule has 19 heavy (non-hydrogen) atoms. The Morgan fingerprint density at radius 3 is 2.47 bits per heavy atom. The Labute approximate surface area is 114 Å². The van der Waals surface area contributed by atoms with Gasteiger partial charge < -0.3 is 16.2 Å². The number of amides is 2. The number of hydrogen-bond donors (Lipinski definition) is 3. The van der Waals surface area contributed by atoms with Gasteiger partial charge in [-0.2, -0.15) is 0 Å². The third kappa shape index (κ3) is 4.59. The molecule has 2 amide bonds. The van der Waals surface area contributed by atoms with Crippen molar-refractivity contribution in [3.05, 3.63) is 34.9 Å². The van der Waals surface area contributed by atoms with Crippen LogP contribution in [0.4, 0.5) is 0 Å². The zero-order valence-corrected chi connectivity index (χ0v) is 10.7. The van der Waals surface area contributed by atoms with Crippen LogP contribution in [0.2, 0.25) is 5.02 Å². The number of hydrogen-bond acceptors (Lipinski definition) is 3. The fourth-order valence-electron chi connectivity index (χ4n) is 1.43. The highest BCUT2D eigenvalue weighted by atomic mass is 35.5. The molecule has 4 N–H and O–H groups in total. The number of carboxylic acids is 1. The minimum atomic E-state index is -1.07. The van der Waals surface area contributed by atoms with E-state index in [4.69, 9.17) is 22.4 Å². The van der Waals surface area contributed by atoms with Crippen molar-refractivity contribution in [1.29, 1.82) is 0 Å². The van der Waals surface area contributed by atoms with E-state index in [1.165, 1.54) is 12.1 Å². The summed E-state index contributed by atoms with van der Waals surface area (Å²) in [7, 11) is 0. The SMILES string of the molecule is NC(=O)[C@H](CCC(=O)O)NC(=O)c1ccccc1Cl. The zero-order valence-electron chi connectivity index (χ0n) is 9.93. The van der Waals surface area contributed by atoms with Crippen LogP contribution >= 0.6 is 11.6 Å². The van der Waals surface area contributed by atoms with E-state index in [2.05, 4.69) is 5.32 Å². The summed E-state index contributed by atoms with van der Waals surface area (Å²) in [6, 6.07) is 5.27. The van der Waals surface area contributed by atoms with Crippen molar-refractivity contribution in [3.8, 4) is 0 Å². The topological polar surface area (TPSA) is 109 Å². The summed E-state index contributed by atoms with van der Waals surface area (Å²) in [6.07, 6.45) is -0.336. The van der Waals surface area contributed by atoms with Gasteiger partial charge in [0.15, 0.2) is 0 Å². The summed E-state index contributed by atoms with van der Waals surface area (Å²) in [4.78, 5) is 33.5. The number of carbonyl (C=O) groups excluding carboxylic acids is 2. The van der Waals surface area contributed by atoms with Crippen molar-refractivity contribution < 1.29 is 19.5 Å². The standard InChI is InChI=1S/C12H13ClN2O4/c13-8-4-2-1-3-7(8)12(19)15-9(11(14)18)5-6-10(16)17/h1-4,9H,5-6H2,(H2,14,18)(H,15,19)(H,16,17)/t9-/m0/s1. The molecule has 0 spiro atoms. The van der Waals surface area contributed by atoms with E-state index in [1.54, 1.807) is 12.1 Å². The first kappa shape index (κ1) is 15.0. The van der Waals surface area contributed by atoms with E-state index in [0.29, 0.717) is 0 Å². The highest BCUT2D eigenvalue weighted by Gasteiger charge is 2.20. The van der Waals surface area contributed by atoms with Crippen LogP contribution in [0.1, 0.15) is 23.2 Å². The average molecular weight is 285 g/mol. The maximum atomic E-state index is 11.9. The normalized spacial score (nSPS) is 11.6. The van der Waals surface area contributed by atoms with Gasteiger partial charge in [-0.1, -0.05) is 23.7 Å². The van der Waals surface area contributed by atoms with E-state index >= 15 is 0 Å². The van der Waals surface area contributed by atoms with E-state index < -0.39 is 23.8 Å². The van der Waals surface area contributed by atoms with Crippen molar-refractivity contribution in [1.82, 2.24) is 5.32 Å². The lowest BCUT2D eigenvalue weighted by Gasteiger charge is -2.14. The molecule has 0 aliphatic heterocycles. The molecule has 1 atom stereocenters. The molecule has 102 valence electrons. The van der Waals surface area contributed by atoms with Crippen molar-refractivity contribution in [2.75, 3.05) is 0 Å². The third-order valence-electron chi connectivity index (χ3n) is 2.41. The first-order valence-corrected chi connectivity index (χ1v) is 5.86. The average Bonchev–Trinajstić information content (AvgIpc) is 2.34. The fourth-order valence-corrected chi connectivity index (χ4v) is 1.66. The zero-order chi connectivity index (χ0) is 14.4. The Hall–Kier alpha value is -2.08. The van der Waals surface area contributed by atoms with E-state index in [0.717, 1.165) is 0 Å². The van der Waals surface area contributed by atoms with Crippen LogP contribution in [0.3, 0.4) is 0 Å². The molecule has 6 nitrogen and oxygen atoms in total. The van der Waals surface area contributed by atoms with Gasteiger partial charge in [0, 0.05) is 6.42 Å². The van der Waals surface area contributed by atoms with Gasteiger partial charge in [0.2, 0.25) is 5.91 Å². The Bertz CT molecular complexity index is 504. The van der Waals surface area contributed by atoms with Crippen LogP contribution in [0.5, 0.6) is 0 Å². The van der Waals surface area contributed by atoms with Gasteiger partial charge in [-0.25, -0.2) is 0 Å². The lowest BCUT2D eigenvalue weighted by atomic mass is 10.1. The lowest BCUT2D eigenvalue weighted by Crippen LogP contribution is -2.44. The summed E-state index contributed by atoms with van der Waals surface area (Å²) < 4.78 is 0. The number of nitrogens with one attached hydrogen (secondary N) is 1. The predicted molar refractivity (Wildman–Crippen MR) is 68.8 cm³/mol.